The number of fused-ring (bicyclic) bond motifs is 1. The molecule has 0 saturated carbocycles. The average molecular weight is 231 g/mol. The smallest absolute Gasteiger partial charge is 0.0349 e. The van der Waals surface area contributed by atoms with Crippen LogP contribution in [0.25, 0.3) is 0 Å². The molecule has 2 atom stereocenters. The van der Waals surface area contributed by atoms with Gasteiger partial charge >= 0.3 is 0 Å². The predicted octanol–water partition coefficient (Wildman–Crippen LogP) is 4.09. The molecule has 1 aliphatic rings. The zero-order valence-electron chi connectivity index (χ0n) is 11.2. The molecule has 2 rings (SSSR count). The average Bonchev–Trinajstić information content (AvgIpc) is 2.38. The minimum Gasteiger partial charge on any atom is -0.313 e. The van der Waals surface area contributed by atoms with E-state index in [9.17, 15) is 0 Å². The van der Waals surface area contributed by atoms with Crippen LogP contribution in [0.1, 0.15) is 56.2 Å². The van der Waals surface area contributed by atoms with Crippen LogP contribution >= 0.6 is 0 Å². The molecule has 1 aromatic rings. The molecule has 94 valence electrons. The first-order chi connectivity index (χ1) is 8.36. The first-order valence-electron chi connectivity index (χ1n) is 7.12. The second-order valence-electron chi connectivity index (χ2n) is 5.26. The molecule has 2 unspecified atom stereocenters. The van der Waals surface area contributed by atoms with Crippen molar-refractivity contribution in [3.05, 3.63) is 35.4 Å². The highest BCUT2D eigenvalue weighted by Crippen LogP contribution is 2.36. The summed E-state index contributed by atoms with van der Waals surface area (Å²) in [7, 11) is 2.11. The van der Waals surface area contributed by atoms with Crippen LogP contribution in [0.15, 0.2) is 24.3 Å². The minimum absolute atomic E-state index is 0.580. The molecule has 1 heteroatoms. The van der Waals surface area contributed by atoms with Crippen molar-refractivity contribution in [3.8, 4) is 0 Å². The second kappa shape index (κ2) is 6.20. The van der Waals surface area contributed by atoms with Crippen LogP contribution in [-0.4, -0.2) is 7.05 Å². The zero-order valence-corrected chi connectivity index (χ0v) is 11.2. The number of hydrogen-bond acceptors (Lipinski definition) is 1. The van der Waals surface area contributed by atoms with Crippen LogP contribution < -0.4 is 5.32 Å². The summed E-state index contributed by atoms with van der Waals surface area (Å²) >= 11 is 0. The second-order valence-corrected chi connectivity index (χ2v) is 5.26. The van der Waals surface area contributed by atoms with E-state index in [1.807, 2.05) is 0 Å². The zero-order chi connectivity index (χ0) is 12.1. The third-order valence-corrected chi connectivity index (χ3v) is 4.14. The van der Waals surface area contributed by atoms with E-state index in [2.05, 4.69) is 43.6 Å². The minimum atomic E-state index is 0.580. The molecular weight excluding hydrogens is 206 g/mol. The lowest BCUT2D eigenvalue weighted by atomic mass is 9.77. The van der Waals surface area contributed by atoms with E-state index >= 15 is 0 Å². The Balaban J connectivity index is 2.06. The molecule has 1 aliphatic carbocycles. The first-order valence-corrected chi connectivity index (χ1v) is 7.12. The van der Waals surface area contributed by atoms with E-state index < -0.39 is 0 Å². The number of nitrogens with one attached hydrogen (secondary N) is 1. The van der Waals surface area contributed by atoms with Gasteiger partial charge in [0.05, 0.1) is 0 Å². The van der Waals surface area contributed by atoms with Gasteiger partial charge in [-0.3, -0.25) is 0 Å². The van der Waals surface area contributed by atoms with Gasteiger partial charge in [0.25, 0.3) is 0 Å². The van der Waals surface area contributed by atoms with Crippen molar-refractivity contribution in [2.45, 2.75) is 51.5 Å². The van der Waals surface area contributed by atoms with Gasteiger partial charge in [-0.05, 0) is 43.4 Å². The summed E-state index contributed by atoms with van der Waals surface area (Å²) in [6.45, 7) is 2.28. The molecule has 1 N–H and O–H groups in total. The van der Waals surface area contributed by atoms with Gasteiger partial charge in [0.2, 0.25) is 0 Å². The van der Waals surface area contributed by atoms with E-state index in [0.717, 1.165) is 5.92 Å². The Morgan fingerprint density at radius 3 is 2.82 bits per heavy atom. The highest BCUT2D eigenvalue weighted by molar-refractivity contribution is 5.32. The SMILES string of the molecule is CCCCCC1CCc2ccccc2C1NC. The Morgan fingerprint density at radius 2 is 2.06 bits per heavy atom. The summed E-state index contributed by atoms with van der Waals surface area (Å²) in [5.41, 5.74) is 3.10. The molecule has 0 heterocycles. The van der Waals surface area contributed by atoms with Gasteiger partial charge in [0, 0.05) is 6.04 Å². The molecule has 1 aromatic carbocycles. The van der Waals surface area contributed by atoms with Crippen molar-refractivity contribution in [1.82, 2.24) is 5.32 Å². The molecule has 0 saturated heterocycles. The van der Waals surface area contributed by atoms with Gasteiger partial charge in [0.1, 0.15) is 0 Å². The summed E-state index contributed by atoms with van der Waals surface area (Å²) in [4.78, 5) is 0. The molecular formula is C16H25N. The maximum atomic E-state index is 3.54. The Labute approximate surface area is 106 Å². The predicted molar refractivity (Wildman–Crippen MR) is 74.2 cm³/mol. The van der Waals surface area contributed by atoms with E-state index in [1.54, 1.807) is 11.1 Å². The summed E-state index contributed by atoms with van der Waals surface area (Å²) in [5.74, 6) is 0.835. The van der Waals surface area contributed by atoms with E-state index in [4.69, 9.17) is 0 Å². The Morgan fingerprint density at radius 1 is 1.24 bits per heavy atom. The van der Waals surface area contributed by atoms with Gasteiger partial charge in [-0.1, -0.05) is 50.5 Å². The van der Waals surface area contributed by atoms with E-state index in [0.29, 0.717) is 6.04 Å². The van der Waals surface area contributed by atoms with Crippen molar-refractivity contribution >= 4 is 0 Å². The lowest BCUT2D eigenvalue weighted by Gasteiger charge is -2.33. The summed E-state index contributed by atoms with van der Waals surface area (Å²) in [5, 5.41) is 3.54. The highest BCUT2D eigenvalue weighted by atomic mass is 14.9. The normalized spacial score (nSPS) is 23.4. The van der Waals surface area contributed by atoms with Crippen molar-refractivity contribution in [2.75, 3.05) is 7.05 Å². The number of unbranched alkanes of at least 4 members (excludes halogenated alkanes) is 2. The van der Waals surface area contributed by atoms with Crippen molar-refractivity contribution in [2.24, 2.45) is 5.92 Å². The molecule has 17 heavy (non-hydrogen) atoms. The molecule has 0 bridgehead atoms. The highest BCUT2D eigenvalue weighted by Gasteiger charge is 2.27. The maximum absolute atomic E-state index is 3.54. The lowest BCUT2D eigenvalue weighted by Crippen LogP contribution is -2.30. The Hall–Kier alpha value is -0.820. The molecule has 0 amide bonds. The van der Waals surface area contributed by atoms with Crippen LogP contribution in [0.5, 0.6) is 0 Å². The molecule has 0 spiro atoms. The van der Waals surface area contributed by atoms with Gasteiger partial charge in [0.15, 0.2) is 0 Å². The van der Waals surface area contributed by atoms with Crippen LogP contribution in [0.2, 0.25) is 0 Å². The monoisotopic (exact) mass is 231 g/mol. The quantitative estimate of drug-likeness (QED) is 0.753. The maximum Gasteiger partial charge on any atom is 0.0349 e. The van der Waals surface area contributed by atoms with Crippen molar-refractivity contribution < 1.29 is 0 Å². The lowest BCUT2D eigenvalue weighted by molar-refractivity contribution is 0.308. The standard InChI is InChI=1S/C16H25N/c1-3-4-5-9-14-12-11-13-8-6-7-10-15(13)16(14)17-2/h6-8,10,14,16-17H,3-5,9,11-12H2,1-2H3. The van der Waals surface area contributed by atoms with Gasteiger partial charge in [-0.25, -0.2) is 0 Å². The number of rotatable bonds is 5. The summed E-state index contributed by atoms with van der Waals surface area (Å²) in [6, 6.07) is 9.53. The fourth-order valence-corrected chi connectivity index (χ4v) is 3.19. The molecule has 0 radical (unpaired) electrons. The Bertz CT molecular complexity index is 345. The topological polar surface area (TPSA) is 12.0 Å². The molecule has 0 fully saturated rings. The largest absolute Gasteiger partial charge is 0.313 e. The fourth-order valence-electron chi connectivity index (χ4n) is 3.19. The van der Waals surface area contributed by atoms with Crippen LogP contribution in [0, 0.1) is 5.92 Å². The van der Waals surface area contributed by atoms with Crippen molar-refractivity contribution in [1.29, 1.82) is 0 Å². The third kappa shape index (κ3) is 2.90. The molecule has 0 aliphatic heterocycles. The van der Waals surface area contributed by atoms with E-state index in [1.165, 1.54) is 38.5 Å². The summed E-state index contributed by atoms with van der Waals surface area (Å²) < 4.78 is 0. The van der Waals surface area contributed by atoms with Crippen LogP contribution in [-0.2, 0) is 6.42 Å². The fraction of sp³-hybridized carbons (Fsp3) is 0.625. The van der Waals surface area contributed by atoms with Crippen LogP contribution in [0.3, 0.4) is 0 Å². The van der Waals surface area contributed by atoms with Crippen LogP contribution in [0.4, 0.5) is 0 Å². The van der Waals surface area contributed by atoms with E-state index in [-0.39, 0.29) is 0 Å². The summed E-state index contributed by atoms with van der Waals surface area (Å²) in [6.07, 6.45) is 8.11. The first kappa shape index (κ1) is 12.6. The van der Waals surface area contributed by atoms with Gasteiger partial charge in [-0.2, -0.15) is 0 Å². The molecule has 1 nitrogen and oxygen atoms in total. The number of hydrogen-bond donors (Lipinski definition) is 1. The van der Waals surface area contributed by atoms with Gasteiger partial charge in [-0.15, -0.1) is 0 Å². The van der Waals surface area contributed by atoms with Gasteiger partial charge < -0.3 is 5.32 Å². The molecule has 0 aromatic heterocycles. The number of benzene rings is 1. The van der Waals surface area contributed by atoms with Crippen molar-refractivity contribution in [3.63, 3.8) is 0 Å². The number of aryl methyl sites for hydroxylation is 1. The Kier molecular flexibility index (Phi) is 4.61. The third-order valence-electron chi connectivity index (χ3n) is 4.14.